The summed E-state index contributed by atoms with van der Waals surface area (Å²) < 4.78 is 20.2. The Labute approximate surface area is 247 Å². The molecule has 1 aliphatic carbocycles. The minimum absolute atomic E-state index is 0.0184. The third-order valence-corrected chi connectivity index (χ3v) is 11.0. The molecule has 3 aliphatic heterocycles. The molecule has 0 radical (unpaired) electrons. The van der Waals surface area contributed by atoms with Crippen molar-refractivity contribution in [1.82, 2.24) is 39.0 Å². The van der Waals surface area contributed by atoms with Crippen LogP contribution in [0.3, 0.4) is 0 Å². The van der Waals surface area contributed by atoms with Crippen molar-refractivity contribution in [2.45, 2.75) is 52.7 Å². The number of nitrogens with two attached hydrogens (primary N) is 2. The van der Waals surface area contributed by atoms with Crippen molar-refractivity contribution in [1.29, 1.82) is 0 Å². The first-order chi connectivity index (χ1) is 20.4. The molecule has 9 N–H and O–H groups in total. The predicted molar refractivity (Wildman–Crippen MR) is 146 cm³/mol. The minimum Gasteiger partial charge on any atom is -0.389 e. The zero-order valence-electron chi connectivity index (χ0n) is 21.3. The Morgan fingerprint density at radius 3 is 2.72 bits per heavy atom. The van der Waals surface area contributed by atoms with E-state index in [0.29, 0.717) is 11.2 Å². The van der Waals surface area contributed by atoms with Crippen LogP contribution in [-0.2, 0) is 35.4 Å². The van der Waals surface area contributed by atoms with E-state index in [1.807, 2.05) is 0 Å². The number of H-pyrrole nitrogens is 1. The molecule has 8 rings (SSSR count). The van der Waals surface area contributed by atoms with Crippen LogP contribution in [0.1, 0.15) is 11.6 Å². The van der Waals surface area contributed by atoms with Crippen molar-refractivity contribution < 1.29 is 43.8 Å². The summed E-state index contributed by atoms with van der Waals surface area (Å²) in [5.41, 5.74) is 9.88. The number of aromatic amines is 1. The van der Waals surface area contributed by atoms with Gasteiger partial charge in [0.25, 0.3) is 11.3 Å². The summed E-state index contributed by atoms with van der Waals surface area (Å²) >= 11 is 6.36. The van der Waals surface area contributed by atoms with Crippen LogP contribution in [0.2, 0.25) is 0 Å². The number of thioether (sulfide) groups is 1. The molecular formula is C20H21N10O10PS2. The number of fused-ring (bicyclic) bond motifs is 5. The lowest BCUT2D eigenvalue weighted by atomic mass is 10.1. The highest BCUT2D eigenvalue weighted by atomic mass is 32.5. The number of imidazole rings is 2. The van der Waals surface area contributed by atoms with E-state index in [4.69, 9.17) is 46.8 Å². The molecular weight excluding hydrogens is 635 g/mol. The van der Waals surface area contributed by atoms with E-state index >= 15 is 0 Å². The summed E-state index contributed by atoms with van der Waals surface area (Å²) in [4.78, 5) is 56.7. The van der Waals surface area contributed by atoms with Gasteiger partial charge >= 0.3 is 6.72 Å². The summed E-state index contributed by atoms with van der Waals surface area (Å²) in [6.07, 6.45) is -2.06. The standard InChI is InChI=1S/C20H21N10O10PS2/c21-12-5-13(24-2-23-12)29(3-25-5)16-7-8(31)19(37-16,40-38-7)1-36-41(35,42)39-10-17(43-11-9(32)20(10,11)34)30-4-26-6-14(30)27-18(22)28-15(6)33/h2-4,7-11,16-17,31-32,34H,1H2,(H,35,42)(H2,21,23,24)(H3,22,27,28,33)/t7-,8+,9?,10+,11-,16-,17-,19+,20+,41?/m1/s1. The number of nitrogen functional groups attached to an aromatic ring is 2. The maximum absolute atomic E-state index is 12.3. The van der Waals surface area contributed by atoms with Gasteiger partial charge in [-0.25, -0.2) is 24.8 Å². The maximum Gasteiger partial charge on any atom is 0.325 e. The zero-order valence-corrected chi connectivity index (χ0v) is 23.8. The van der Waals surface area contributed by atoms with Crippen LogP contribution in [0, 0.1) is 0 Å². The van der Waals surface area contributed by atoms with Gasteiger partial charge in [-0.3, -0.25) is 23.4 Å². The van der Waals surface area contributed by atoms with Crippen LogP contribution >= 0.6 is 18.5 Å². The van der Waals surface area contributed by atoms with Gasteiger partial charge in [0.1, 0.15) is 47.7 Å². The number of ether oxygens (including phenoxy) is 1. The predicted octanol–water partition coefficient (Wildman–Crippen LogP) is -2.62. The van der Waals surface area contributed by atoms with Gasteiger partial charge in [0, 0.05) is 0 Å². The summed E-state index contributed by atoms with van der Waals surface area (Å²) in [5, 5.41) is 31.0. The van der Waals surface area contributed by atoms with Gasteiger partial charge in [-0.15, -0.1) is 11.8 Å². The zero-order chi connectivity index (χ0) is 30.1. The molecule has 3 saturated heterocycles. The lowest BCUT2D eigenvalue weighted by Gasteiger charge is -2.33. The Hall–Kier alpha value is -2.86. The molecule has 20 nitrogen and oxygen atoms in total. The van der Waals surface area contributed by atoms with Crippen molar-refractivity contribution in [3.05, 3.63) is 29.3 Å². The Morgan fingerprint density at radius 1 is 1.14 bits per heavy atom. The second-order valence-corrected chi connectivity index (χ2v) is 14.4. The topological polar surface area (TPSA) is 286 Å². The van der Waals surface area contributed by atoms with E-state index in [9.17, 15) is 25.0 Å². The van der Waals surface area contributed by atoms with E-state index in [0.717, 1.165) is 11.8 Å². The van der Waals surface area contributed by atoms with Crippen molar-refractivity contribution in [3.8, 4) is 0 Å². The number of rotatable bonds is 7. The smallest absolute Gasteiger partial charge is 0.325 e. The molecule has 1 saturated carbocycles. The number of nitrogens with zero attached hydrogens (tertiary/aromatic N) is 7. The molecule has 7 heterocycles. The van der Waals surface area contributed by atoms with Crippen LogP contribution in [0.15, 0.2) is 23.8 Å². The molecule has 4 aromatic rings. The second-order valence-electron chi connectivity index (χ2n) is 10.3. The Kier molecular flexibility index (Phi) is 5.85. The largest absolute Gasteiger partial charge is 0.389 e. The molecule has 0 amide bonds. The fraction of sp³-hybridized carbons (Fsp3) is 0.500. The number of aliphatic hydroxyl groups is 3. The number of anilines is 2. The van der Waals surface area contributed by atoms with Gasteiger partial charge in [0.05, 0.1) is 17.9 Å². The van der Waals surface area contributed by atoms with Crippen molar-refractivity contribution in [3.63, 3.8) is 0 Å². The quantitative estimate of drug-likeness (QED) is 0.0791. The highest BCUT2D eigenvalue weighted by molar-refractivity contribution is 8.07. The van der Waals surface area contributed by atoms with E-state index in [1.165, 1.54) is 28.1 Å². The van der Waals surface area contributed by atoms with Crippen molar-refractivity contribution >= 4 is 64.4 Å². The minimum atomic E-state index is -4.26. The molecule has 4 fully saturated rings. The van der Waals surface area contributed by atoms with Crippen LogP contribution < -0.4 is 17.0 Å². The molecule has 23 heteroatoms. The first-order valence-electron chi connectivity index (χ1n) is 12.5. The van der Waals surface area contributed by atoms with Crippen molar-refractivity contribution in [2.75, 3.05) is 18.1 Å². The van der Waals surface area contributed by atoms with Gasteiger partial charge in [0.15, 0.2) is 35.0 Å². The Balaban J connectivity index is 1.04. The van der Waals surface area contributed by atoms with Gasteiger partial charge in [0.2, 0.25) is 5.95 Å². The number of nitrogens with one attached hydrogen (secondary N) is 1. The highest BCUT2D eigenvalue weighted by Crippen LogP contribution is 2.66. The Morgan fingerprint density at radius 2 is 1.91 bits per heavy atom. The first kappa shape index (κ1) is 27.7. The normalized spacial score (nSPS) is 37.7. The third-order valence-electron chi connectivity index (χ3n) is 7.83. The van der Waals surface area contributed by atoms with Gasteiger partial charge in [-0.1, -0.05) is 0 Å². The number of hydrogen-bond acceptors (Lipinski definition) is 18. The first-order valence-corrected chi connectivity index (χ1v) is 16.0. The van der Waals surface area contributed by atoms with E-state index in [1.54, 1.807) is 0 Å². The van der Waals surface area contributed by atoms with Gasteiger partial charge in [-0.2, -0.15) is 9.87 Å². The van der Waals surface area contributed by atoms with Crippen LogP contribution in [0.25, 0.3) is 22.3 Å². The average Bonchev–Trinajstić information content (AvgIpc) is 3.59. The lowest BCUT2D eigenvalue weighted by molar-refractivity contribution is -0.452. The number of hydrogen-bond donors (Lipinski definition) is 7. The second kappa shape index (κ2) is 9.09. The van der Waals surface area contributed by atoms with E-state index < -0.39 is 71.5 Å². The average molecular weight is 657 g/mol. The van der Waals surface area contributed by atoms with Crippen LogP contribution in [0.5, 0.6) is 0 Å². The van der Waals surface area contributed by atoms with E-state index in [2.05, 4.69) is 29.9 Å². The molecule has 10 atom stereocenters. The molecule has 228 valence electrons. The van der Waals surface area contributed by atoms with Gasteiger partial charge in [-0.05, 0) is 11.8 Å². The molecule has 4 aromatic heterocycles. The summed E-state index contributed by atoms with van der Waals surface area (Å²) in [6, 6.07) is 0. The Bertz CT molecular complexity index is 1910. The van der Waals surface area contributed by atoms with Crippen LogP contribution in [-0.4, -0.2) is 107 Å². The highest BCUT2D eigenvalue weighted by Gasteiger charge is 2.77. The summed E-state index contributed by atoms with van der Waals surface area (Å²) in [7, 11) is 0. The maximum atomic E-state index is 12.3. The fourth-order valence-corrected chi connectivity index (χ4v) is 8.87. The molecule has 2 bridgehead atoms. The summed E-state index contributed by atoms with van der Waals surface area (Å²) in [5.74, 6) is -1.96. The molecule has 0 spiro atoms. The fourth-order valence-electron chi connectivity index (χ4n) is 5.60. The van der Waals surface area contributed by atoms with Crippen LogP contribution in [0.4, 0.5) is 11.8 Å². The molecule has 0 aromatic carbocycles. The number of aromatic nitrogens is 8. The monoisotopic (exact) mass is 656 g/mol. The molecule has 4 aliphatic rings. The molecule has 43 heavy (non-hydrogen) atoms. The third kappa shape index (κ3) is 3.87. The molecule has 2 unspecified atom stereocenters. The van der Waals surface area contributed by atoms with Crippen molar-refractivity contribution in [2.24, 2.45) is 0 Å². The summed E-state index contributed by atoms with van der Waals surface area (Å²) in [6.45, 7) is -4.92. The number of aliphatic hydroxyl groups excluding tert-OH is 2. The SMILES string of the molecule is Nc1nc2c(ncn2[C@@H]2S[C@@H]3C(O)[C@]3(O)[C@H]2OP(O)(=S)OC[C@@]23OO[C@@H]([C@H](n4cnc5c(N)ncnc54)O2)[C@@H]3O)c(=O)[nH]1. The lowest BCUT2D eigenvalue weighted by Crippen LogP contribution is -2.44. The van der Waals surface area contributed by atoms with E-state index in [-0.39, 0.29) is 22.9 Å². The van der Waals surface area contributed by atoms with Gasteiger partial charge < -0.3 is 40.9 Å².